The van der Waals surface area contributed by atoms with Crippen LogP contribution in [0, 0.1) is 5.82 Å². The van der Waals surface area contributed by atoms with Gasteiger partial charge in [0.05, 0.1) is 13.7 Å². The molecule has 0 amide bonds. The summed E-state index contributed by atoms with van der Waals surface area (Å²) in [5, 5.41) is 0. The molecule has 1 aromatic rings. The van der Waals surface area contributed by atoms with Crippen LogP contribution in [0.1, 0.15) is 10.4 Å². The minimum atomic E-state index is -0.554. The molecule has 4 heteroatoms. The third kappa shape index (κ3) is 2.03. The van der Waals surface area contributed by atoms with Gasteiger partial charge >= 0.3 is 0 Å². The monoisotopic (exact) mass is 183 g/mol. The van der Waals surface area contributed by atoms with Crippen LogP contribution in [-0.4, -0.2) is 19.4 Å². The highest BCUT2D eigenvalue weighted by molar-refractivity contribution is 5.97. The van der Waals surface area contributed by atoms with E-state index in [1.165, 1.54) is 19.2 Å². The molecule has 2 N–H and O–H groups in total. The number of nitrogens with two attached hydrogens (primary N) is 1. The summed E-state index contributed by atoms with van der Waals surface area (Å²) in [7, 11) is 1.36. The summed E-state index contributed by atoms with van der Waals surface area (Å²) in [5.74, 6) is -0.725. The average Bonchev–Trinajstić information content (AvgIpc) is 2.16. The predicted molar refractivity (Wildman–Crippen MR) is 46.3 cm³/mol. The van der Waals surface area contributed by atoms with E-state index in [0.29, 0.717) is 0 Å². The minimum absolute atomic E-state index is 0.119. The molecular formula is C9H10FNO2. The molecule has 3 nitrogen and oxygen atoms in total. The molecule has 0 atom stereocenters. The van der Waals surface area contributed by atoms with Crippen molar-refractivity contribution in [3.05, 3.63) is 29.6 Å². The lowest BCUT2D eigenvalue weighted by atomic mass is 10.1. The molecular weight excluding hydrogens is 173 g/mol. The molecule has 0 radical (unpaired) electrons. The number of halogens is 1. The predicted octanol–water partition coefficient (Wildman–Crippen LogP) is 0.976. The molecule has 0 unspecified atom stereocenters. The van der Waals surface area contributed by atoms with E-state index in [0.717, 1.165) is 6.07 Å². The van der Waals surface area contributed by atoms with Gasteiger partial charge in [0.15, 0.2) is 17.3 Å². The van der Waals surface area contributed by atoms with Gasteiger partial charge in [-0.25, -0.2) is 4.39 Å². The average molecular weight is 183 g/mol. The summed E-state index contributed by atoms with van der Waals surface area (Å²) in [6.45, 7) is -0.119. The van der Waals surface area contributed by atoms with E-state index in [4.69, 9.17) is 10.5 Å². The fourth-order valence-corrected chi connectivity index (χ4v) is 0.958. The van der Waals surface area contributed by atoms with Gasteiger partial charge in [0.2, 0.25) is 0 Å². The number of methoxy groups -OCH3 is 1. The Bertz CT molecular complexity index is 325. The van der Waals surface area contributed by atoms with E-state index < -0.39 is 5.82 Å². The van der Waals surface area contributed by atoms with E-state index in [-0.39, 0.29) is 23.6 Å². The van der Waals surface area contributed by atoms with Crippen molar-refractivity contribution in [3.63, 3.8) is 0 Å². The fourth-order valence-electron chi connectivity index (χ4n) is 0.958. The number of Topliss-reactive ketones (excluding diaryl/α,β-unsaturated/α-hetero) is 1. The van der Waals surface area contributed by atoms with Crippen LogP contribution in [0.2, 0.25) is 0 Å². The van der Waals surface area contributed by atoms with Crippen LogP contribution in [0.3, 0.4) is 0 Å². The molecule has 1 rings (SSSR count). The van der Waals surface area contributed by atoms with E-state index in [1.54, 1.807) is 0 Å². The summed E-state index contributed by atoms with van der Waals surface area (Å²) >= 11 is 0. The fraction of sp³-hybridized carbons (Fsp3) is 0.222. The standard InChI is InChI=1S/C9H10FNO2/c1-13-9-3-2-6(4-7(9)10)8(12)5-11/h2-4H,5,11H2,1H3. The number of hydrogen-bond acceptors (Lipinski definition) is 3. The molecule has 0 aliphatic rings. The van der Waals surface area contributed by atoms with Gasteiger partial charge in [-0.1, -0.05) is 0 Å². The van der Waals surface area contributed by atoms with Crippen LogP contribution in [0.25, 0.3) is 0 Å². The summed E-state index contributed by atoms with van der Waals surface area (Å²) in [4.78, 5) is 11.0. The van der Waals surface area contributed by atoms with Gasteiger partial charge in [-0.3, -0.25) is 4.79 Å². The minimum Gasteiger partial charge on any atom is -0.494 e. The lowest BCUT2D eigenvalue weighted by Gasteiger charge is -2.02. The quantitative estimate of drug-likeness (QED) is 0.710. The van der Waals surface area contributed by atoms with Crippen LogP contribution in [-0.2, 0) is 0 Å². The molecule has 0 fully saturated rings. The van der Waals surface area contributed by atoms with Gasteiger partial charge in [-0.15, -0.1) is 0 Å². The van der Waals surface area contributed by atoms with Crippen molar-refractivity contribution in [2.24, 2.45) is 5.73 Å². The van der Waals surface area contributed by atoms with Crippen molar-refractivity contribution in [2.75, 3.05) is 13.7 Å². The maximum atomic E-state index is 13.0. The zero-order valence-corrected chi connectivity index (χ0v) is 7.21. The number of ketones is 1. The second kappa shape index (κ2) is 4.00. The number of rotatable bonds is 3. The van der Waals surface area contributed by atoms with Crippen LogP contribution < -0.4 is 10.5 Å². The largest absolute Gasteiger partial charge is 0.494 e. The van der Waals surface area contributed by atoms with E-state index in [1.807, 2.05) is 0 Å². The molecule has 0 saturated carbocycles. The normalized spacial score (nSPS) is 9.77. The molecule has 0 aliphatic carbocycles. The first kappa shape index (κ1) is 9.67. The van der Waals surface area contributed by atoms with E-state index in [2.05, 4.69) is 0 Å². The maximum absolute atomic E-state index is 13.0. The van der Waals surface area contributed by atoms with Crippen LogP contribution >= 0.6 is 0 Å². The number of hydrogen-bond donors (Lipinski definition) is 1. The van der Waals surface area contributed by atoms with Gasteiger partial charge < -0.3 is 10.5 Å². The molecule has 0 saturated heterocycles. The molecule has 0 bridgehead atoms. The highest BCUT2D eigenvalue weighted by Crippen LogP contribution is 2.17. The first-order valence-electron chi connectivity index (χ1n) is 3.76. The van der Waals surface area contributed by atoms with Crippen molar-refractivity contribution in [1.82, 2.24) is 0 Å². The van der Waals surface area contributed by atoms with Gasteiger partial charge in [-0.2, -0.15) is 0 Å². The number of carbonyl (C=O) groups is 1. The smallest absolute Gasteiger partial charge is 0.176 e. The summed E-state index contributed by atoms with van der Waals surface area (Å²) in [6, 6.07) is 4.00. The van der Waals surface area contributed by atoms with E-state index in [9.17, 15) is 9.18 Å². The van der Waals surface area contributed by atoms with E-state index >= 15 is 0 Å². The first-order chi connectivity index (χ1) is 6.19. The molecule has 0 aliphatic heterocycles. The summed E-state index contributed by atoms with van der Waals surface area (Å²) < 4.78 is 17.7. The van der Waals surface area contributed by atoms with Crippen molar-refractivity contribution in [1.29, 1.82) is 0 Å². The number of carbonyl (C=O) groups excluding carboxylic acids is 1. The summed E-state index contributed by atoms with van der Waals surface area (Å²) in [5.41, 5.74) is 5.39. The van der Waals surface area contributed by atoms with Crippen LogP contribution in [0.15, 0.2) is 18.2 Å². The van der Waals surface area contributed by atoms with Gasteiger partial charge in [0.25, 0.3) is 0 Å². The Balaban J connectivity index is 3.02. The lowest BCUT2D eigenvalue weighted by Crippen LogP contribution is -2.13. The zero-order valence-electron chi connectivity index (χ0n) is 7.21. The molecule has 0 spiro atoms. The second-order valence-corrected chi connectivity index (χ2v) is 2.48. The van der Waals surface area contributed by atoms with Crippen molar-refractivity contribution in [2.45, 2.75) is 0 Å². The van der Waals surface area contributed by atoms with Gasteiger partial charge in [-0.05, 0) is 18.2 Å². The SMILES string of the molecule is COc1ccc(C(=O)CN)cc1F. The number of ether oxygens (including phenoxy) is 1. The third-order valence-corrected chi connectivity index (χ3v) is 1.66. The van der Waals surface area contributed by atoms with Crippen molar-refractivity contribution < 1.29 is 13.9 Å². The molecule has 70 valence electrons. The molecule has 0 aromatic heterocycles. The highest BCUT2D eigenvalue weighted by atomic mass is 19.1. The molecule has 1 aromatic carbocycles. The van der Waals surface area contributed by atoms with Gasteiger partial charge in [0, 0.05) is 5.56 Å². The summed E-state index contributed by atoms with van der Waals surface area (Å²) in [6.07, 6.45) is 0. The number of benzene rings is 1. The van der Waals surface area contributed by atoms with Crippen molar-refractivity contribution >= 4 is 5.78 Å². The van der Waals surface area contributed by atoms with Crippen LogP contribution in [0.4, 0.5) is 4.39 Å². The topological polar surface area (TPSA) is 52.3 Å². The van der Waals surface area contributed by atoms with Crippen molar-refractivity contribution in [3.8, 4) is 5.75 Å². The Hall–Kier alpha value is -1.42. The Morgan fingerprint density at radius 1 is 1.62 bits per heavy atom. The Labute approximate surface area is 75.3 Å². The Morgan fingerprint density at radius 3 is 2.77 bits per heavy atom. The Morgan fingerprint density at radius 2 is 2.31 bits per heavy atom. The second-order valence-electron chi connectivity index (χ2n) is 2.48. The van der Waals surface area contributed by atoms with Crippen LogP contribution in [0.5, 0.6) is 5.75 Å². The molecule has 0 heterocycles. The maximum Gasteiger partial charge on any atom is 0.176 e. The molecule has 13 heavy (non-hydrogen) atoms. The third-order valence-electron chi connectivity index (χ3n) is 1.66. The van der Waals surface area contributed by atoms with Gasteiger partial charge in [0.1, 0.15) is 0 Å². The first-order valence-corrected chi connectivity index (χ1v) is 3.76. The lowest BCUT2D eigenvalue weighted by molar-refractivity contribution is 0.100. The zero-order chi connectivity index (χ0) is 9.84. The Kier molecular flexibility index (Phi) is 2.97. The highest BCUT2D eigenvalue weighted by Gasteiger charge is 2.07.